The number of para-hydroxylation sites is 1. The van der Waals surface area contributed by atoms with Gasteiger partial charge in [0.1, 0.15) is 12.1 Å². The highest BCUT2D eigenvalue weighted by Crippen LogP contribution is 2.27. The van der Waals surface area contributed by atoms with E-state index in [4.69, 9.17) is 14.0 Å². The van der Waals surface area contributed by atoms with E-state index in [-0.39, 0.29) is 31.5 Å². The van der Waals surface area contributed by atoms with Crippen LogP contribution in [-0.4, -0.2) is 70.6 Å². The number of morpholine rings is 1. The van der Waals surface area contributed by atoms with Gasteiger partial charge in [-0.15, -0.1) is 0 Å². The summed E-state index contributed by atoms with van der Waals surface area (Å²) in [5, 5.41) is 19.1. The van der Waals surface area contributed by atoms with Crippen LogP contribution in [0.15, 0.2) is 89.8 Å². The second-order valence-corrected chi connectivity index (χ2v) is 10.3. The molecule has 3 N–H and O–H groups in total. The summed E-state index contributed by atoms with van der Waals surface area (Å²) in [5.74, 6) is -0.148. The van der Waals surface area contributed by atoms with Crippen molar-refractivity contribution in [1.29, 1.82) is 0 Å². The van der Waals surface area contributed by atoms with Crippen molar-refractivity contribution in [3.05, 3.63) is 102 Å². The first-order valence-corrected chi connectivity index (χ1v) is 14.2. The van der Waals surface area contributed by atoms with E-state index in [0.717, 1.165) is 28.6 Å². The number of nitrogens with one attached hydrogen (secondary N) is 2. The van der Waals surface area contributed by atoms with Crippen molar-refractivity contribution in [1.82, 2.24) is 20.4 Å². The summed E-state index contributed by atoms with van der Waals surface area (Å²) in [6.07, 6.45) is 0.242. The van der Waals surface area contributed by atoms with Gasteiger partial charge in [-0.25, -0.2) is 9.59 Å². The van der Waals surface area contributed by atoms with Crippen molar-refractivity contribution in [3.63, 3.8) is 0 Å². The lowest BCUT2D eigenvalue weighted by Crippen LogP contribution is -2.47. The van der Waals surface area contributed by atoms with Crippen LogP contribution in [-0.2, 0) is 27.1 Å². The molecule has 3 amide bonds. The number of methoxy groups -OCH3 is 1. The molecule has 0 radical (unpaired) electrons. The normalized spacial score (nSPS) is 17.0. The largest absolute Gasteiger partial charge is 0.465 e. The summed E-state index contributed by atoms with van der Waals surface area (Å²) in [6, 6.07) is 23.6. The Bertz CT molecular complexity index is 1550. The molecule has 12 heteroatoms. The topological polar surface area (TPSA) is 156 Å². The molecule has 1 fully saturated rings. The molecule has 2 heterocycles. The molecule has 3 aromatic carbocycles. The van der Waals surface area contributed by atoms with Crippen LogP contribution in [0.25, 0.3) is 11.1 Å². The van der Waals surface area contributed by atoms with E-state index in [1.165, 1.54) is 12.0 Å². The van der Waals surface area contributed by atoms with E-state index in [1.807, 2.05) is 72.8 Å². The van der Waals surface area contributed by atoms with Gasteiger partial charge in [-0.05, 0) is 41.2 Å². The van der Waals surface area contributed by atoms with Crippen LogP contribution < -0.4 is 10.6 Å². The van der Waals surface area contributed by atoms with Crippen LogP contribution in [0, 0.1) is 0 Å². The van der Waals surface area contributed by atoms with Crippen molar-refractivity contribution in [3.8, 4) is 11.1 Å². The van der Waals surface area contributed by atoms with Crippen molar-refractivity contribution in [2.24, 2.45) is 0 Å². The van der Waals surface area contributed by atoms with Crippen LogP contribution in [0.2, 0.25) is 0 Å². The van der Waals surface area contributed by atoms with E-state index in [2.05, 4.69) is 20.8 Å². The molecule has 12 nitrogen and oxygen atoms in total. The quantitative estimate of drug-likeness (QED) is 0.235. The maximum absolute atomic E-state index is 13.5. The molecule has 0 aliphatic carbocycles. The molecule has 5 rings (SSSR count). The van der Waals surface area contributed by atoms with Crippen LogP contribution in [0.5, 0.6) is 0 Å². The van der Waals surface area contributed by atoms with Crippen LogP contribution in [0.3, 0.4) is 0 Å². The van der Waals surface area contributed by atoms with Gasteiger partial charge in [-0.2, -0.15) is 4.98 Å². The average molecular weight is 600 g/mol. The lowest BCUT2D eigenvalue weighted by atomic mass is 10.00. The molecule has 4 aromatic rings. The summed E-state index contributed by atoms with van der Waals surface area (Å²) in [6.45, 7) is 0.235. The number of carbonyl (C=O) groups is 3. The zero-order valence-electron chi connectivity index (χ0n) is 24.1. The molecule has 0 unspecified atom stereocenters. The fourth-order valence-electron chi connectivity index (χ4n) is 5.15. The SMILES string of the molecule is COC(=O)N[C@@H](Cc1ccc(-c2ccccc2)cc1)C(=O)Nc1ccccc1CC[C@@H]1CN(C(=O)O)[C@H](c2ncon2)CO1. The highest BCUT2D eigenvalue weighted by atomic mass is 16.5. The molecular formula is C32H33N5O7. The third-order valence-electron chi connectivity index (χ3n) is 7.49. The van der Waals surface area contributed by atoms with Gasteiger partial charge in [0.2, 0.25) is 12.3 Å². The highest BCUT2D eigenvalue weighted by Gasteiger charge is 2.35. The van der Waals surface area contributed by atoms with E-state index in [9.17, 15) is 19.5 Å². The Morgan fingerprint density at radius 3 is 2.45 bits per heavy atom. The average Bonchev–Trinajstić information content (AvgIpc) is 3.59. The summed E-state index contributed by atoms with van der Waals surface area (Å²) in [4.78, 5) is 42.8. The second kappa shape index (κ2) is 14.3. The number of benzene rings is 3. The number of nitrogens with zero attached hydrogens (tertiary/aromatic N) is 3. The Balaban J connectivity index is 1.23. The number of aryl methyl sites for hydroxylation is 1. The van der Waals surface area contributed by atoms with E-state index in [0.29, 0.717) is 18.5 Å². The van der Waals surface area contributed by atoms with Crippen LogP contribution in [0.1, 0.15) is 29.4 Å². The Morgan fingerprint density at radius 2 is 1.75 bits per heavy atom. The molecule has 3 atom stereocenters. The molecular weight excluding hydrogens is 566 g/mol. The molecule has 228 valence electrons. The molecule has 0 spiro atoms. The smallest absolute Gasteiger partial charge is 0.408 e. The maximum Gasteiger partial charge on any atom is 0.408 e. The molecule has 1 aromatic heterocycles. The predicted molar refractivity (Wildman–Crippen MR) is 160 cm³/mol. The van der Waals surface area contributed by atoms with Gasteiger partial charge >= 0.3 is 12.2 Å². The molecule has 44 heavy (non-hydrogen) atoms. The Kier molecular flexibility index (Phi) is 9.82. The van der Waals surface area contributed by atoms with Crippen molar-refractivity contribution >= 4 is 23.8 Å². The first-order chi connectivity index (χ1) is 21.4. The van der Waals surface area contributed by atoms with Gasteiger partial charge in [0.05, 0.1) is 26.4 Å². The molecule has 1 aliphatic heterocycles. The number of hydrogen-bond donors (Lipinski definition) is 3. The Labute approximate surface area is 254 Å². The van der Waals surface area contributed by atoms with Crippen molar-refractivity contribution in [2.45, 2.75) is 37.5 Å². The van der Waals surface area contributed by atoms with Crippen molar-refractivity contribution in [2.75, 3.05) is 25.6 Å². The number of carboxylic acid groups (broad SMARTS) is 1. The molecule has 1 aliphatic rings. The first kappa shape index (κ1) is 30.2. The van der Waals surface area contributed by atoms with Gasteiger partial charge in [-0.1, -0.05) is 78.0 Å². The number of aromatic nitrogens is 2. The number of carbonyl (C=O) groups excluding carboxylic acids is 2. The van der Waals surface area contributed by atoms with Gasteiger partial charge in [0, 0.05) is 12.1 Å². The fraction of sp³-hybridized carbons (Fsp3) is 0.281. The van der Waals surface area contributed by atoms with Crippen LogP contribution in [0.4, 0.5) is 15.3 Å². The molecule has 1 saturated heterocycles. The second-order valence-electron chi connectivity index (χ2n) is 10.3. The lowest BCUT2D eigenvalue weighted by molar-refractivity contribution is -0.118. The standard InChI is InChI=1S/C32H33N5O7/c1-42-31(39)35-27(17-21-11-13-23(14-12-21)22-7-3-2-4-8-22)30(38)34-26-10-6-5-9-24(26)15-16-25-18-37(32(40)41)28(19-43-25)29-33-20-44-36-29/h2-14,20,25,27-28H,15-19H2,1H3,(H,34,38)(H,35,39)(H,40,41)/t25-,27+,28+/m1/s1. The number of anilines is 1. The lowest BCUT2D eigenvalue weighted by Gasteiger charge is -2.36. The maximum atomic E-state index is 13.5. The zero-order chi connectivity index (χ0) is 30.9. The molecule has 0 bridgehead atoms. The van der Waals surface area contributed by atoms with E-state index < -0.39 is 30.2 Å². The third kappa shape index (κ3) is 7.58. The van der Waals surface area contributed by atoms with E-state index in [1.54, 1.807) is 6.07 Å². The fourth-order valence-corrected chi connectivity index (χ4v) is 5.15. The van der Waals surface area contributed by atoms with Crippen molar-refractivity contribution < 1.29 is 33.5 Å². The zero-order valence-corrected chi connectivity index (χ0v) is 24.1. The number of hydrogen-bond acceptors (Lipinski definition) is 8. The van der Waals surface area contributed by atoms with E-state index >= 15 is 0 Å². The third-order valence-corrected chi connectivity index (χ3v) is 7.49. The number of alkyl carbamates (subject to hydrolysis) is 1. The Morgan fingerprint density at radius 1 is 1.02 bits per heavy atom. The number of amides is 3. The van der Waals surface area contributed by atoms with Gasteiger partial charge < -0.3 is 29.7 Å². The van der Waals surface area contributed by atoms with Gasteiger partial charge in [0.25, 0.3) is 0 Å². The van der Waals surface area contributed by atoms with Gasteiger partial charge in [-0.3, -0.25) is 9.69 Å². The minimum Gasteiger partial charge on any atom is -0.465 e. The monoisotopic (exact) mass is 599 g/mol. The van der Waals surface area contributed by atoms with Crippen LogP contribution >= 0.6 is 0 Å². The van der Waals surface area contributed by atoms with Gasteiger partial charge in [0.15, 0.2) is 5.82 Å². The number of rotatable bonds is 10. The highest BCUT2D eigenvalue weighted by molar-refractivity contribution is 5.97. The summed E-state index contributed by atoms with van der Waals surface area (Å²) >= 11 is 0. The first-order valence-electron chi connectivity index (χ1n) is 14.2. The number of ether oxygens (including phenoxy) is 2. The summed E-state index contributed by atoms with van der Waals surface area (Å²) in [5.41, 5.74) is 4.42. The molecule has 0 saturated carbocycles. The minimum atomic E-state index is -1.10. The summed E-state index contributed by atoms with van der Waals surface area (Å²) in [7, 11) is 1.25. The predicted octanol–water partition coefficient (Wildman–Crippen LogP) is 4.70. The summed E-state index contributed by atoms with van der Waals surface area (Å²) < 4.78 is 15.5. The minimum absolute atomic E-state index is 0.0993. The Hall–Kier alpha value is -5.23.